The Hall–Kier alpha value is -1.54. The van der Waals surface area contributed by atoms with Crippen molar-refractivity contribution in [1.82, 2.24) is 0 Å². The van der Waals surface area contributed by atoms with E-state index in [1.807, 2.05) is 57.2 Å². The van der Waals surface area contributed by atoms with E-state index in [2.05, 4.69) is 47.8 Å². The van der Waals surface area contributed by atoms with E-state index in [-0.39, 0.29) is 0 Å². The Morgan fingerprint density at radius 2 is 0.812 bits per heavy atom. The van der Waals surface area contributed by atoms with E-state index < -0.39 is 5.60 Å². The van der Waals surface area contributed by atoms with E-state index in [0.29, 0.717) is 33.9 Å². The molecule has 0 aliphatic carbocycles. The molecule has 7 heteroatoms. The average molecular weight is 629 g/mol. The Kier molecular flexibility index (Phi) is 7.65. The molecule has 0 amide bonds. The maximum absolute atomic E-state index is 12.8. The van der Waals surface area contributed by atoms with Crippen LogP contribution in [-0.2, 0) is 5.60 Å². The second-order valence-corrected chi connectivity index (χ2v) is 10.4. The summed E-state index contributed by atoms with van der Waals surface area (Å²) in [4.78, 5) is 0. The van der Waals surface area contributed by atoms with Crippen LogP contribution in [0.4, 0.5) is 0 Å². The lowest BCUT2D eigenvalue weighted by atomic mass is 9.77. The normalized spacial score (nSPS) is 11.4. The first-order valence-corrected chi connectivity index (χ1v) is 12.2. The summed E-state index contributed by atoms with van der Waals surface area (Å²) >= 11 is 10.8. The molecule has 0 fully saturated rings. The Bertz CT molecular complexity index is 1030. The lowest BCUT2D eigenvalue weighted by Crippen LogP contribution is -2.31. The molecule has 1 N–H and O–H groups in total. The van der Waals surface area contributed by atoms with Crippen molar-refractivity contribution in [2.75, 3.05) is 21.3 Å². The summed E-state index contributed by atoms with van der Waals surface area (Å²) in [6.45, 7) is 5.83. The van der Waals surface area contributed by atoms with E-state index >= 15 is 0 Å². The SMILES string of the molecule is COc1c(C)cc(Br)cc1C(O)(c1cc(Br)cc(C)c1OC)c1cc(Br)cc(C)c1OC. The van der Waals surface area contributed by atoms with Crippen LogP contribution in [0.3, 0.4) is 0 Å². The van der Waals surface area contributed by atoms with E-state index in [1.165, 1.54) is 0 Å². The van der Waals surface area contributed by atoms with Gasteiger partial charge in [-0.2, -0.15) is 0 Å². The van der Waals surface area contributed by atoms with Crippen LogP contribution in [0.5, 0.6) is 17.2 Å². The van der Waals surface area contributed by atoms with Crippen LogP contribution in [0, 0.1) is 20.8 Å². The molecular formula is C25H25Br3O4. The van der Waals surface area contributed by atoms with Crippen LogP contribution in [0.1, 0.15) is 33.4 Å². The third kappa shape index (κ3) is 4.32. The summed E-state index contributed by atoms with van der Waals surface area (Å²) in [7, 11) is 4.81. The van der Waals surface area contributed by atoms with E-state index in [9.17, 15) is 5.11 Å². The third-order valence-electron chi connectivity index (χ3n) is 5.50. The molecule has 0 saturated heterocycles. The summed E-state index contributed by atoms with van der Waals surface area (Å²) in [6, 6.07) is 11.5. The van der Waals surface area contributed by atoms with Gasteiger partial charge < -0.3 is 19.3 Å². The van der Waals surface area contributed by atoms with Gasteiger partial charge in [0.1, 0.15) is 17.2 Å². The van der Waals surface area contributed by atoms with Gasteiger partial charge in [0.05, 0.1) is 21.3 Å². The summed E-state index contributed by atoms with van der Waals surface area (Å²) in [5.74, 6) is 1.74. The molecule has 0 unspecified atom stereocenters. The largest absolute Gasteiger partial charge is 0.496 e. The first-order valence-electron chi connectivity index (χ1n) is 9.84. The second-order valence-electron chi connectivity index (χ2n) is 7.62. The van der Waals surface area contributed by atoms with Crippen LogP contribution < -0.4 is 14.2 Å². The molecule has 0 atom stereocenters. The first kappa shape index (κ1) is 25.1. The highest BCUT2D eigenvalue weighted by molar-refractivity contribution is 9.11. The summed E-state index contributed by atoms with van der Waals surface area (Å²) < 4.78 is 19.9. The third-order valence-corrected chi connectivity index (χ3v) is 6.87. The number of halogens is 3. The monoisotopic (exact) mass is 626 g/mol. The van der Waals surface area contributed by atoms with Gasteiger partial charge in [-0.3, -0.25) is 0 Å². The van der Waals surface area contributed by atoms with Crippen molar-refractivity contribution < 1.29 is 19.3 Å². The molecular weight excluding hydrogens is 604 g/mol. The Morgan fingerprint density at radius 3 is 1.03 bits per heavy atom. The fourth-order valence-corrected chi connectivity index (χ4v) is 5.96. The predicted molar refractivity (Wildman–Crippen MR) is 138 cm³/mol. The standard InChI is InChI=1S/C25H25Br3O4/c1-13-7-16(26)10-19(22(13)30-4)25(29,20-11-17(27)8-14(2)23(20)31-5)21-12-18(28)9-15(3)24(21)32-6/h7-12,29H,1-6H3. The molecule has 0 aliphatic rings. The van der Waals surface area contributed by atoms with Crippen molar-refractivity contribution in [1.29, 1.82) is 0 Å². The molecule has 0 aromatic heterocycles. The topological polar surface area (TPSA) is 47.9 Å². The zero-order valence-corrected chi connectivity index (χ0v) is 23.5. The zero-order valence-electron chi connectivity index (χ0n) is 18.8. The van der Waals surface area contributed by atoms with Crippen molar-refractivity contribution in [3.63, 3.8) is 0 Å². The molecule has 3 aromatic rings. The minimum absolute atomic E-state index is 0.568. The quantitative estimate of drug-likeness (QED) is 0.293. The maximum atomic E-state index is 12.8. The lowest BCUT2D eigenvalue weighted by Gasteiger charge is -2.35. The molecule has 32 heavy (non-hydrogen) atoms. The first-order chi connectivity index (χ1) is 15.1. The van der Waals surface area contributed by atoms with Crippen molar-refractivity contribution in [3.8, 4) is 17.2 Å². The van der Waals surface area contributed by atoms with Gasteiger partial charge in [-0.15, -0.1) is 0 Å². The molecule has 0 saturated carbocycles. The van der Waals surface area contributed by atoms with Crippen LogP contribution in [-0.4, -0.2) is 26.4 Å². The highest BCUT2D eigenvalue weighted by Crippen LogP contribution is 2.51. The van der Waals surface area contributed by atoms with Gasteiger partial charge >= 0.3 is 0 Å². The van der Waals surface area contributed by atoms with Crippen molar-refractivity contribution in [2.45, 2.75) is 26.4 Å². The molecule has 170 valence electrons. The number of rotatable bonds is 6. The molecule has 0 bridgehead atoms. The van der Waals surface area contributed by atoms with Crippen LogP contribution in [0.25, 0.3) is 0 Å². The van der Waals surface area contributed by atoms with E-state index in [4.69, 9.17) is 14.2 Å². The van der Waals surface area contributed by atoms with Gasteiger partial charge in [0.15, 0.2) is 5.60 Å². The van der Waals surface area contributed by atoms with Crippen molar-refractivity contribution in [3.05, 3.63) is 83.2 Å². The number of aliphatic hydroxyl groups is 1. The number of ether oxygens (including phenoxy) is 3. The molecule has 3 rings (SSSR count). The summed E-state index contributed by atoms with van der Waals surface area (Å²) in [5, 5.41) is 12.8. The van der Waals surface area contributed by atoms with Crippen LogP contribution >= 0.6 is 47.8 Å². The van der Waals surface area contributed by atoms with Crippen LogP contribution in [0.15, 0.2) is 49.8 Å². The number of methoxy groups -OCH3 is 3. The van der Waals surface area contributed by atoms with Crippen molar-refractivity contribution >= 4 is 47.8 Å². The van der Waals surface area contributed by atoms with Gasteiger partial charge in [0, 0.05) is 30.1 Å². The van der Waals surface area contributed by atoms with Gasteiger partial charge in [-0.1, -0.05) is 47.8 Å². The smallest absolute Gasteiger partial charge is 0.151 e. The maximum Gasteiger partial charge on any atom is 0.151 e. The molecule has 0 radical (unpaired) electrons. The van der Waals surface area contributed by atoms with Gasteiger partial charge in [0.2, 0.25) is 0 Å². The fraction of sp³-hybridized carbons (Fsp3) is 0.280. The Morgan fingerprint density at radius 1 is 0.562 bits per heavy atom. The number of hydrogen-bond acceptors (Lipinski definition) is 4. The number of aryl methyl sites for hydroxylation is 3. The van der Waals surface area contributed by atoms with Gasteiger partial charge in [-0.05, 0) is 73.9 Å². The second kappa shape index (κ2) is 9.75. The lowest BCUT2D eigenvalue weighted by molar-refractivity contribution is 0.114. The summed E-state index contributed by atoms with van der Waals surface area (Å²) in [6.07, 6.45) is 0. The highest BCUT2D eigenvalue weighted by atomic mass is 79.9. The van der Waals surface area contributed by atoms with Gasteiger partial charge in [0.25, 0.3) is 0 Å². The molecule has 0 heterocycles. The minimum Gasteiger partial charge on any atom is -0.496 e. The number of hydrogen-bond donors (Lipinski definition) is 1. The van der Waals surface area contributed by atoms with Gasteiger partial charge in [-0.25, -0.2) is 0 Å². The van der Waals surface area contributed by atoms with E-state index in [0.717, 1.165) is 30.1 Å². The van der Waals surface area contributed by atoms with Crippen LogP contribution in [0.2, 0.25) is 0 Å². The average Bonchev–Trinajstić information content (AvgIpc) is 2.71. The number of benzene rings is 3. The van der Waals surface area contributed by atoms with Crippen molar-refractivity contribution in [2.24, 2.45) is 0 Å². The molecule has 0 aliphatic heterocycles. The molecule has 0 spiro atoms. The minimum atomic E-state index is -1.67. The fourth-order valence-electron chi connectivity index (χ4n) is 4.24. The predicted octanol–water partition coefficient (Wildman–Crippen LogP) is 7.21. The highest BCUT2D eigenvalue weighted by Gasteiger charge is 2.43. The Labute approximate surface area is 214 Å². The zero-order chi connectivity index (χ0) is 23.8. The van der Waals surface area contributed by atoms with E-state index in [1.54, 1.807) is 21.3 Å². The summed E-state index contributed by atoms with van der Waals surface area (Å²) in [5.41, 5.74) is 2.68. The molecule has 4 nitrogen and oxygen atoms in total. The molecule has 3 aromatic carbocycles. The Balaban J connectivity index is 2.61.